The SMILES string of the molecule is Cc1ccc(S(=O)(=O)N(CC(=O)N(Cc2cccc(C)c2)[C@H](C)C(=O)NC(C)(C)C)c2ccc(C(C)C)cc2)cc1. The van der Waals surface area contributed by atoms with Crippen molar-refractivity contribution < 1.29 is 18.0 Å². The van der Waals surface area contributed by atoms with Crippen molar-refractivity contribution in [3.63, 3.8) is 0 Å². The van der Waals surface area contributed by atoms with Crippen molar-refractivity contribution in [3.8, 4) is 0 Å². The minimum absolute atomic E-state index is 0.0904. The second kappa shape index (κ2) is 12.9. The highest BCUT2D eigenvalue weighted by Gasteiger charge is 2.33. The van der Waals surface area contributed by atoms with Crippen LogP contribution in [0.3, 0.4) is 0 Å². The molecule has 3 aromatic carbocycles. The van der Waals surface area contributed by atoms with Crippen LogP contribution in [0.1, 0.15) is 69.7 Å². The van der Waals surface area contributed by atoms with Gasteiger partial charge in [0.1, 0.15) is 12.6 Å². The number of hydrogen-bond donors (Lipinski definition) is 1. The monoisotopic (exact) mass is 577 g/mol. The molecule has 0 spiro atoms. The highest BCUT2D eigenvalue weighted by Crippen LogP contribution is 2.27. The molecule has 0 aromatic heterocycles. The zero-order chi connectivity index (χ0) is 30.5. The number of amides is 2. The van der Waals surface area contributed by atoms with Crippen LogP contribution >= 0.6 is 0 Å². The number of carbonyl (C=O) groups is 2. The zero-order valence-corrected chi connectivity index (χ0v) is 26.2. The second-order valence-electron chi connectivity index (χ2n) is 12.0. The molecule has 3 aromatic rings. The molecule has 0 radical (unpaired) electrons. The summed E-state index contributed by atoms with van der Waals surface area (Å²) < 4.78 is 29.1. The van der Waals surface area contributed by atoms with E-state index in [1.807, 2.05) is 71.0 Å². The summed E-state index contributed by atoms with van der Waals surface area (Å²) in [5.41, 5.74) is 3.74. The number of anilines is 1. The Morgan fingerprint density at radius 1 is 0.854 bits per heavy atom. The first-order valence-electron chi connectivity index (χ1n) is 13.9. The molecule has 0 saturated carbocycles. The number of nitrogens with zero attached hydrogens (tertiary/aromatic N) is 2. The summed E-state index contributed by atoms with van der Waals surface area (Å²) in [6.45, 7) is 15.0. The minimum atomic E-state index is -4.10. The van der Waals surface area contributed by atoms with Gasteiger partial charge in [0, 0.05) is 12.1 Å². The molecule has 0 heterocycles. The molecule has 0 unspecified atom stereocenters. The van der Waals surface area contributed by atoms with Gasteiger partial charge in [0.05, 0.1) is 10.6 Å². The number of carbonyl (C=O) groups excluding carboxylic acids is 2. The predicted molar refractivity (Wildman–Crippen MR) is 165 cm³/mol. The summed E-state index contributed by atoms with van der Waals surface area (Å²) in [7, 11) is -4.10. The Kier molecular flexibility index (Phi) is 10.0. The van der Waals surface area contributed by atoms with Crippen molar-refractivity contribution >= 4 is 27.5 Å². The largest absolute Gasteiger partial charge is 0.350 e. The third-order valence-electron chi connectivity index (χ3n) is 6.84. The fourth-order valence-electron chi connectivity index (χ4n) is 4.46. The van der Waals surface area contributed by atoms with Crippen LogP contribution in [0.5, 0.6) is 0 Å². The summed E-state index contributed by atoms with van der Waals surface area (Å²) in [5.74, 6) is -0.528. The van der Waals surface area contributed by atoms with Gasteiger partial charge in [0.15, 0.2) is 0 Å². The normalized spacial score (nSPS) is 12.6. The van der Waals surface area contributed by atoms with Crippen LogP contribution < -0.4 is 9.62 Å². The lowest BCUT2D eigenvalue weighted by Gasteiger charge is -2.33. The van der Waals surface area contributed by atoms with Crippen LogP contribution in [0.25, 0.3) is 0 Å². The fourth-order valence-corrected chi connectivity index (χ4v) is 5.87. The van der Waals surface area contributed by atoms with Gasteiger partial charge >= 0.3 is 0 Å². The van der Waals surface area contributed by atoms with E-state index in [0.717, 1.165) is 26.6 Å². The lowest BCUT2D eigenvalue weighted by atomic mass is 10.0. The topological polar surface area (TPSA) is 86.8 Å². The summed E-state index contributed by atoms with van der Waals surface area (Å²) in [6, 6.07) is 20.7. The van der Waals surface area contributed by atoms with Crippen LogP contribution in [-0.4, -0.2) is 43.3 Å². The number of aryl methyl sites for hydroxylation is 2. The third kappa shape index (κ3) is 8.43. The molecule has 1 N–H and O–H groups in total. The first-order chi connectivity index (χ1) is 19.1. The van der Waals surface area contributed by atoms with Crippen molar-refractivity contribution in [1.82, 2.24) is 10.2 Å². The van der Waals surface area contributed by atoms with Gasteiger partial charge in [0.25, 0.3) is 10.0 Å². The van der Waals surface area contributed by atoms with Crippen LogP contribution in [0.15, 0.2) is 77.7 Å². The van der Waals surface area contributed by atoms with E-state index in [-0.39, 0.29) is 23.3 Å². The van der Waals surface area contributed by atoms with Crippen LogP contribution in [0.2, 0.25) is 0 Å². The molecule has 8 heteroatoms. The Balaban J connectivity index is 2.06. The van der Waals surface area contributed by atoms with E-state index >= 15 is 0 Å². The minimum Gasteiger partial charge on any atom is -0.350 e. The van der Waals surface area contributed by atoms with Gasteiger partial charge in [-0.05, 0) is 82.9 Å². The molecule has 0 aliphatic carbocycles. The molecule has 41 heavy (non-hydrogen) atoms. The molecule has 0 fully saturated rings. The number of rotatable bonds is 10. The summed E-state index contributed by atoms with van der Waals surface area (Å²) in [6.07, 6.45) is 0. The number of sulfonamides is 1. The maximum Gasteiger partial charge on any atom is 0.264 e. The zero-order valence-electron chi connectivity index (χ0n) is 25.4. The van der Waals surface area contributed by atoms with E-state index < -0.39 is 34.1 Å². The summed E-state index contributed by atoms with van der Waals surface area (Å²) >= 11 is 0. The van der Waals surface area contributed by atoms with Crippen molar-refractivity contribution in [2.24, 2.45) is 0 Å². The van der Waals surface area contributed by atoms with Gasteiger partial charge in [-0.3, -0.25) is 13.9 Å². The second-order valence-corrected chi connectivity index (χ2v) is 13.9. The Bertz CT molecular complexity index is 1460. The van der Waals surface area contributed by atoms with Crippen LogP contribution in [-0.2, 0) is 26.2 Å². The molecule has 0 saturated heterocycles. The van der Waals surface area contributed by atoms with E-state index in [0.29, 0.717) is 5.69 Å². The van der Waals surface area contributed by atoms with E-state index in [1.165, 1.54) is 4.90 Å². The summed E-state index contributed by atoms with van der Waals surface area (Å²) in [4.78, 5) is 28.9. The smallest absolute Gasteiger partial charge is 0.264 e. The van der Waals surface area contributed by atoms with E-state index in [4.69, 9.17) is 0 Å². The van der Waals surface area contributed by atoms with Crippen LogP contribution in [0, 0.1) is 13.8 Å². The van der Waals surface area contributed by atoms with E-state index in [2.05, 4.69) is 19.2 Å². The number of hydrogen-bond acceptors (Lipinski definition) is 4. The molecule has 1 atom stereocenters. The van der Waals surface area contributed by atoms with Crippen LogP contribution in [0.4, 0.5) is 5.69 Å². The van der Waals surface area contributed by atoms with Gasteiger partial charge in [-0.2, -0.15) is 0 Å². The molecule has 220 valence electrons. The van der Waals surface area contributed by atoms with E-state index in [9.17, 15) is 18.0 Å². The van der Waals surface area contributed by atoms with Crippen molar-refractivity contribution in [3.05, 3.63) is 95.1 Å². The predicted octanol–water partition coefficient (Wildman–Crippen LogP) is 5.95. The molecule has 0 aliphatic rings. The van der Waals surface area contributed by atoms with Gasteiger partial charge in [0.2, 0.25) is 11.8 Å². The summed E-state index contributed by atoms with van der Waals surface area (Å²) in [5, 5.41) is 2.95. The molecule has 3 rings (SSSR count). The molecule has 2 amide bonds. The highest BCUT2D eigenvalue weighted by molar-refractivity contribution is 7.92. The molecule has 7 nitrogen and oxygen atoms in total. The molecular formula is C33H43N3O4S. The Morgan fingerprint density at radius 2 is 1.46 bits per heavy atom. The van der Waals surface area contributed by atoms with Crippen molar-refractivity contribution in [2.45, 2.75) is 84.3 Å². The quantitative estimate of drug-likeness (QED) is 0.322. The van der Waals surface area contributed by atoms with Gasteiger partial charge in [-0.15, -0.1) is 0 Å². The van der Waals surface area contributed by atoms with Crippen molar-refractivity contribution in [2.75, 3.05) is 10.8 Å². The lowest BCUT2D eigenvalue weighted by Crippen LogP contribution is -2.54. The molecule has 0 bridgehead atoms. The fraction of sp³-hybridized carbons (Fsp3) is 0.394. The van der Waals surface area contributed by atoms with Crippen molar-refractivity contribution in [1.29, 1.82) is 0 Å². The molecule has 0 aliphatic heterocycles. The average Bonchev–Trinajstić information content (AvgIpc) is 2.89. The van der Waals surface area contributed by atoms with Gasteiger partial charge < -0.3 is 10.2 Å². The number of nitrogens with one attached hydrogen (secondary N) is 1. The maximum atomic E-state index is 14.1. The van der Waals surface area contributed by atoms with Gasteiger partial charge in [-0.1, -0.05) is 73.5 Å². The van der Waals surface area contributed by atoms with Gasteiger partial charge in [-0.25, -0.2) is 8.42 Å². The average molecular weight is 578 g/mol. The Morgan fingerprint density at radius 3 is 2.00 bits per heavy atom. The maximum absolute atomic E-state index is 14.1. The first-order valence-corrected chi connectivity index (χ1v) is 15.4. The Labute approximate surface area is 245 Å². The lowest BCUT2D eigenvalue weighted by molar-refractivity contribution is -0.140. The highest BCUT2D eigenvalue weighted by atomic mass is 32.2. The molecular weight excluding hydrogens is 534 g/mol. The third-order valence-corrected chi connectivity index (χ3v) is 8.62. The number of benzene rings is 3. The standard InChI is InChI=1S/C33H43N3O4S/c1-23(2)28-14-16-29(17-15-28)36(41(39,40)30-18-12-24(3)13-19-30)22-31(37)35(21-27-11-9-10-25(4)20-27)26(5)32(38)34-33(6,7)8/h9-20,23,26H,21-22H2,1-8H3,(H,34,38)/t26-/m1/s1. The first kappa shape index (κ1) is 31.9. The van der Waals surface area contributed by atoms with E-state index in [1.54, 1.807) is 43.3 Å². The Hall–Kier alpha value is -3.65.